The highest BCUT2D eigenvalue weighted by Crippen LogP contribution is 2.28. The van der Waals surface area contributed by atoms with Gasteiger partial charge in [-0.05, 0) is 30.5 Å². The number of unbranched alkanes of at least 4 members (excludes halogenated alkanes) is 6. The fraction of sp³-hybridized carbons (Fsp3) is 0.684. The summed E-state index contributed by atoms with van der Waals surface area (Å²) in [6, 6.07) is 8.70. The average Bonchev–Trinajstić information content (AvgIpc) is 2.50. The maximum Gasteiger partial charge on any atom is 0.0210 e. The maximum absolute atomic E-state index is 3.71. The topological polar surface area (TPSA) is 12.0 Å². The van der Waals surface area contributed by atoms with Gasteiger partial charge in [0, 0.05) is 11.0 Å². The van der Waals surface area contributed by atoms with Crippen molar-refractivity contribution in [3.8, 4) is 0 Å². The first-order valence-electron chi connectivity index (χ1n) is 8.74. The summed E-state index contributed by atoms with van der Waals surface area (Å²) in [6.07, 6.45) is 11.0. The van der Waals surface area contributed by atoms with Gasteiger partial charge >= 0.3 is 0 Å². The molecular formula is C19H32BrN. The van der Waals surface area contributed by atoms with Gasteiger partial charge in [-0.2, -0.15) is 0 Å². The van der Waals surface area contributed by atoms with Crippen LogP contribution in [0, 0.1) is 0 Å². The molecule has 0 aromatic heterocycles. The highest BCUT2D eigenvalue weighted by Gasteiger charge is 2.13. The predicted octanol–water partition coefficient (Wildman–Crippen LogP) is 6.28. The molecule has 0 spiro atoms. The molecule has 0 radical (unpaired) electrons. The monoisotopic (exact) mass is 353 g/mol. The summed E-state index contributed by atoms with van der Waals surface area (Å²) in [5.41, 5.74) is 1.46. The number of nitrogens with one attached hydrogen (secondary N) is 1. The van der Waals surface area contributed by atoms with Gasteiger partial charge in [-0.1, -0.05) is 92.9 Å². The SMILES string of the molecule is CCCCCCCCCC(CNCC)c1ccccc1Br. The van der Waals surface area contributed by atoms with E-state index in [9.17, 15) is 0 Å². The fourth-order valence-corrected chi connectivity index (χ4v) is 3.45. The number of hydrogen-bond donors (Lipinski definition) is 1. The summed E-state index contributed by atoms with van der Waals surface area (Å²) in [4.78, 5) is 0. The first kappa shape index (κ1) is 18.7. The van der Waals surface area contributed by atoms with Crippen LogP contribution < -0.4 is 5.32 Å². The first-order chi connectivity index (χ1) is 10.3. The average molecular weight is 354 g/mol. The van der Waals surface area contributed by atoms with Gasteiger partial charge < -0.3 is 5.32 Å². The summed E-state index contributed by atoms with van der Waals surface area (Å²) in [5.74, 6) is 0.635. The van der Waals surface area contributed by atoms with E-state index in [2.05, 4.69) is 59.4 Å². The molecular weight excluding hydrogens is 322 g/mol. The lowest BCUT2D eigenvalue weighted by Crippen LogP contribution is -2.21. The van der Waals surface area contributed by atoms with Gasteiger partial charge in [0.1, 0.15) is 0 Å². The van der Waals surface area contributed by atoms with Crippen LogP contribution in [-0.2, 0) is 0 Å². The highest BCUT2D eigenvalue weighted by molar-refractivity contribution is 9.10. The quantitative estimate of drug-likeness (QED) is 0.435. The van der Waals surface area contributed by atoms with Crippen molar-refractivity contribution < 1.29 is 0 Å². The predicted molar refractivity (Wildman–Crippen MR) is 98.0 cm³/mol. The van der Waals surface area contributed by atoms with Gasteiger partial charge in [0.15, 0.2) is 0 Å². The zero-order valence-electron chi connectivity index (χ0n) is 13.8. The minimum atomic E-state index is 0.635. The summed E-state index contributed by atoms with van der Waals surface area (Å²) >= 11 is 3.71. The number of benzene rings is 1. The molecule has 0 aliphatic rings. The molecule has 0 bridgehead atoms. The number of likely N-dealkylation sites (N-methyl/N-ethyl adjacent to an activating group) is 1. The molecule has 1 aromatic carbocycles. The van der Waals surface area contributed by atoms with Crippen molar-refractivity contribution in [2.45, 2.75) is 71.1 Å². The molecule has 2 heteroatoms. The number of hydrogen-bond acceptors (Lipinski definition) is 1. The van der Waals surface area contributed by atoms with E-state index in [1.54, 1.807) is 0 Å². The largest absolute Gasteiger partial charge is 0.316 e. The van der Waals surface area contributed by atoms with Gasteiger partial charge in [-0.15, -0.1) is 0 Å². The Hall–Kier alpha value is -0.340. The van der Waals surface area contributed by atoms with Crippen molar-refractivity contribution in [1.29, 1.82) is 0 Å². The second-order valence-corrected chi connectivity index (χ2v) is 6.79. The van der Waals surface area contributed by atoms with Crippen LogP contribution in [0.1, 0.15) is 76.7 Å². The minimum absolute atomic E-state index is 0.635. The summed E-state index contributed by atoms with van der Waals surface area (Å²) in [6.45, 7) is 6.61. The zero-order valence-corrected chi connectivity index (χ0v) is 15.4. The smallest absolute Gasteiger partial charge is 0.0210 e. The Morgan fingerprint density at radius 2 is 1.62 bits per heavy atom. The third-order valence-corrected chi connectivity index (χ3v) is 4.86. The normalized spacial score (nSPS) is 12.5. The Labute approximate surface area is 140 Å². The zero-order chi connectivity index (χ0) is 15.3. The van der Waals surface area contributed by atoms with Crippen molar-refractivity contribution in [3.05, 3.63) is 34.3 Å². The lowest BCUT2D eigenvalue weighted by molar-refractivity contribution is 0.509. The molecule has 120 valence electrons. The Morgan fingerprint density at radius 3 is 2.29 bits per heavy atom. The van der Waals surface area contributed by atoms with Crippen LogP contribution in [0.2, 0.25) is 0 Å². The van der Waals surface area contributed by atoms with Crippen molar-refractivity contribution >= 4 is 15.9 Å². The van der Waals surface area contributed by atoms with Gasteiger partial charge in [-0.3, -0.25) is 0 Å². The van der Waals surface area contributed by atoms with E-state index in [4.69, 9.17) is 0 Å². The van der Waals surface area contributed by atoms with Gasteiger partial charge in [0.25, 0.3) is 0 Å². The van der Waals surface area contributed by atoms with Gasteiger partial charge in [0.2, 0.25) is 0 Å². The van der Waals surface area contributed by atoms with Gasteiger partial charge in [0.05, 0.1) is 0 Å². The molecule has 0 fully saturated rings. The lowest BCUT2D eigenvalue weighted by atomic mass is 9.92. The summed E-state index contributed by atoms with van der Waals surface area (Å²) < 4.78 is 1.26. The Bertz CT molecular complexity index is 364. The van der Waals surface area contributed by atoms with Crippen LogP contribution in [-0.4, -0.2) is 13.1 Å². The van der Waals surface area contributed by atoms with Crippen LogP contribution in [0.5, 0.6) is 0 Å². The molecule has 1 nitrogen and oxygen atoms in total. The molecule has 1 aromatic rings. The first-order valence-corrected chi connectivity index (χ1v) is 9.54. The molecule has 1 unspecified atom stereocenters. The molecule has 21 heavy (non-hydrogen) atoms. The third-order valence-electron chi connectivity index (χ3n) is 4.14. The second kappa shape index (κ2) is 12.2. The van der Waals surface area contributed by atoms with E-state index >= 15 is 0 Å². The third kappa shape index (κ3) is 8.01. The number of rotatable bonds is 12. The Kier molecular flexibility index (Phi) is 10.9. The lowest BCUT2D eigenvalue weighted by Gasteiger charge is -2.19. The molecule has 0 heterocycles. The van der Waals surface area contributed by atoms with Crippen molar-refractivity contribution in [2.75, 3.05) is 13.1 Å². The van der Waals surface area contributed by atoms with Crippen molar-refractivity contribution in [1.82, 2.24) is 5.32 Å². The fourth-order valence-electron chi connectivity index (χ4n) is 2.84. The van der Waals surface area contributed by atoms with E-state index in [1.807, 2.05) is 0 Å². The van der Waals surface area contributed by atoms with Crippen LogP contribution in [0.15, 0.2) is 28.7 Å². The summed E-state index contributed by atoms with van der Waals surface area (Å²) in [7, 11) is 0. The van der Waals surface area contributed by atoms with E-state index in [0.29, 0.717) is 5.92 Å². The van der Waals surface area contributed by atoms with Crippen LogP contribution in [0.25, 0.3) is 0 Å². The Balaban J connectivity index is 2.35. The number of halogens is 1. The van der Waals surface area contributed by atoms with Gasteiger partial charge in [-0.25, -0.2) is 0 Å². The van der Waals surface area contributed by atoms with Crippen molar-refractivity contribution in [3.63, 3.8) is 0 Å². The van der Waals surface area contributed by atoms with Crippen LogP contribution in [0.3, 0.4) is 0 Å². The molecule has 1 rings (SSSR count). The summed E-state index contributed by atoms with van der Waals surface area (Å²) in [5, 5.41) is 3.52. The van der Waals surface area contributed by atoms with E-state index in [0.717, 1.165) is 13.1 Å². The van der Waals surface area contributed by atoms with Crippen LogP contribution >= 0.6 is 15.9 Å². The molecule has 0 aliphatic heterocycles. The van der Waals surface area contributed by atoms with E-state index < -0.39 is 0 Å². The van der Waals surface area contributed by atoms with Crippen molar-refractivity contribution in [2.24, 2.45) is 0 Å². The molecule has 0 aliphatic carbocycles. The molecule has 1 atom stereocenters. The minimum Gasteiger partial charge on any atom is -0.316 e. The molecule has 0 amide bonds. The molecule has 0 saturated heterocycles. The maximum atomic E-state index is 3.71. The molecule has 0 saturated carbocycles. The second-order valence-electron chi connectivity index (χ2n) is 5.94. The Morgan fingerprint density at radius 1 is 0.952 bits per heavy atom. The highest BCUT2D eigenvalue weighted by atomic mass is 79.9. The standard InChI is InChI=1S/C19H32BrN/c1-3-5-6-7-8-9-10-13-17(16-21-4-2)18-14-11-12-15-19(18)20/h11-12,14-15,17,21H,3-10,13,16H2,1-2H3. The van der Waals surface area contributed by atoms with Crippen LogP contribution in [0.4, 0.5) is 0 Å². The van der Waals surface area contributed by atoms with E-state index in [1.165, 1.54) is 61.4 Å². The molecule has 1 N–H and O–H groups in total. The van der Waals surface area contributed by atoms with E-state index in [-0.39, 0.29) is 0 Å².